The minimum absolute atomic E-state index is 0.601. The SMILES string of the molecule is C=CC[Si](Cl)(OCC)OCC.C=CC[Si](OCC)(OCC)OCC. The van der Waals surface area contributed by atoms with E-state index in [-0.39, 0.29) is 0 Å². The Morgan fingerprint density at radius 2 is 1.00 bits per heavy atom. The summed E-state index contributed by atoms with van der Waals surface area (Å²) in [5.74, 6) is 0. The van der Waals surface area contributed by atoms with Crippen LogP contribution in [0.5, 0.6) is 0 Å². The molecule has 0 aromatic heterocycles. The van der Waals surface area contributed by atoms with Gasteiger partial charge in [0.05, 0.1) is 0 Å². The number of hydrogen-bond donors (Lipinski definition) is 0. The second-order valence-corrected chi connectivity index (χ2v) is 11.2. The van der Waals surface area contributed by atoms with Gasteiger partial charge in [-0.3, -0.25) is 0 Å². The first kappa shape index (κ1) is 26.2. The summed E-state index contributed by atoms with van der Waals surface area (Å²) < 4.78 is 27.4. The monoisotopic (exact) mass is 398 g/mol. The predicted molar refractivity (Wildman–Crippen MR) is 105 cm³/mol. The molecule has 144 valence electrons. The highest BCUT2D eigenvalue weighted by Crippen LogP contribution is 2.18. The second-order valence-electron chi connectivity index (χ2n) is 4.49. The molecule has 0 aliphatic heterocycles. The van der Waals surface area contributed by atoms with Crippen molar-refractivity contribution >= 4 is 27.8 Å². The van der Waals surface area contributed by atoms with Gasteiger partial charge in [0, 0.05) is 45.1 Å². The topological polar surface area (TPSA) is 46.2 Å². The normalized spacial score (nSPS) is 11.6. The summed E-state index contributed by atoms with van der Waals surface area (Å²) in [5.41, 5.74) is 0. The second kappa shape index (κ2) is 16.5. The van der Waals surface area contributed by atoms with E-state index in [9.17, 15) is 0 Å². The molecule has 0 bridgehead atoms. The Morgan fingerprint density at radius 3 is 1.25 bits per heavy atom. The molecule has 0 aromatic rings. The van der Waals surface area contributed by atoms with E-state index in [0.717, 1.165) is 0 Å². The summed E-state index contributed by atoms with van der Waals surface area (Å²) in [6, 6.07) is 1.32. The number of allylic oxidation sites excluding steroid dienone is 2. The standard InChI is InChI=1S/C9H20O3Si.C7H15ClO2Si/c1-5-9-13(10-6-2,11-7-3)12-8-4;1-4-7-11(8,9-5-2)10-6-3/h5H,1,6-9H2,2-4H3;4H,1,5-7H2,2-3H3. The largest absolute Gasteiger partial charge is 0.504 e. The zero-order chi connectivity index (χ0) is 18.9. The van der Waals surface area contributed by atoms with Crippen LogP contribution in [0.25, 0.3) is 0 Å². The lowest BCUT2D eigenvalue weighted by atomic mass is 10.8. The fourth-order valence-electron chi connectivity index (χ4n) is 1.90. The van der Waals surface area contributed by atoms with Gasteiger partial charge in [0.15, 0.2) is 0 Å². The van der Waals surface area contributed by atoms with Crippen LogP contribution < -0.4 is 0 Å². The summed E-state index contributed by atoms with van der Waals surface area (Å²) in [7, 11) is -4.81. The maximum atomic E-state index is 6.06. The molecule has 24 heavy (non-hydrogen) atoms. The van der Waals surface area contributed by atoms with Gasteiger partial charge in [-0.1, -0.05) is 23.2 Å². The highest BCUT2D eigenvalue weighted by Gasteiger charge is 2.38. The van der Waals surface area contributed by atoms with Crippen molar-refractivity contribution < 1.29 is 22.1 Å². The van der Waals surface area contributed by atoms with Crippen LogP contribution in [0.3, 0.4) is 0 Å². The molecule has 8 heteroatoms. The van der Waals surface area contributed by atoms with E-state index in [0.29, 0.717) is 45.1 Å². The lowest BCUT2D eigenvalue weighted by molar-refractivity contribution is 0.0743. The molecule has 0 N–H and O–H groups in total. The molecule has 0 rings (SSSR count). The van der Waals surface area contributed by atoms with E-state index >= 15 is 0 Å². The molecular weight excluding hydrogens is 364 g/mol. The van der Waals surface area contributed by atoms with Crippen LogP contribution in [0.4, 0.5) is 0 Å². The molecule has 0 unspecified atom stereocenters. The first-order chi connectivity index (χ1) is 11.4. The fourth-order valence-corrected chi connectivity index (χ4v) is 6.69. The molecule has 0 saturated carbocycles. The smallest absolute Gasteiger partial charge is 0.383 e. The summed E-state index contributed by atoms with van der Waals surface area (Å²) in [4.78, 5) is 0. The molecule has 0 heterocycles. The van der Waals surface area contributed by atoms with Crippen molar-refractivity contribution in [3.8, 4) is 0 Å². The molecule has 0 radical (unpaired) electrons. The fraction of sp³-hybridized carbons (Fsp3) is 0.750. The summed E-state index contributed by atoms with van der Waals surface area (Å²) >= 11 is 6.06. The Balaban J connectivity index is 0. The highest BCUT2D eigenvalue weighted by atomic mass is 35.6. The molecular formula is C16H35ClO5Si2. The van der Waals surface area contributed by atoms with Gasteiger partial charge in [0.1, 0.15) is 0 Å². The van der Waals surface area contributed by atoms with Crippen LogP contribution in [0, 0.1) is 0 Å². The molecule has 0 atom stereocenters. The van der Waals surface area contributed by atoms with Gasteiger partial charge >= 0.3 is 16.7 Å². The van der Waals surface area contributed by atoms with Gasteiger partial charge in [-0.25, -0.2) is 0 Å². The molecule has 0 fully saturated rings. The number of hydrogen-bond acceptors (Lipinski definition) is 5. The van der Waals surface area contributed by atoms with Crippen molar-refractivity contribution in [2.75, 3.05) is 33.0 Å². The van der Waals surface area contributed by atoms with Crippen LogP contribution in [0.1, 0.15) is 34.6 Å². The van der Waals surface area contributed by atoms with Crippen LogP contribution in [0.15, 0.2) is 25.3 Å². The maximum Gasteiger partial charge on any atom is 0.504 e. The maximum absolute atomic E-state index is 6.06. The zero-order valence-corrected chi connectivity index (χ0v) is 18.7. The predicted octanol–water partition coefficient (Wildman–Crippen LogP) is 4.64. The van der Waals surface area contributed by atoms with Crippen LogP contribution in [0.2, 0.25) is 12.1 Å². The van der Waals surface area contributed by atoms with E-state index in [1.165, 1.54) is 0 Å². The van der Waals surface area contributed by atoms with E-state index in [2.05, 4.69) is 13.2 Å². The Bertz CT molecular complexity index is 296. The van der Waals surface area contributed by atoms with Crippen molar-refractivity contribution in [1.82, 2.24) is 0 Å². The molecule has 0 spiro atoms. The molecule has 5 nitrogen and oxygen atoms in total. The molecule has 0 saturated heterocycles. The average molecular weight is 399 g/mol. The molecule has 0 aliphatic carbocycles. The lowest BCUT2D eigenvalue weighted by Crippen LogP contribution is -2.45. The quantitative estimate of drug-likeness (QED) is 0.242. The van der Waals surface area contributed by atoms with Gasteiger partial charge < -0.3 is 22.1 Å². The third-order valence-corrected chi connectivity index (χ3v) is 8.90. The van der Waals surface area contributed by atoms with Crippen molar-refractivity contribution in [1.29, 1.82) is 0 Å². The number of rotatable bonds is 14. The van der Waals surface area contributed by atoms with Gasteiger partial charge in [-0.2, -0.15) is 0 Å². The summed E-state index contributed by atoms with van der Waals surface area (Å²) in [6.07, 6.45) is 3.54. The Labute approximate surface area is 155 Å². The minimum atomic E-state index is -2.41. The number of halogens is 1. The Kier molecular flexibility index (Phi) is 18.0. The van der Waals surface area contributed by atoms with Crippen molar-refractivity contribution in [3.63, 3.8) is 0 Å². The molecule has 0 aromatic carbocycles. The van der Waals surface area contributed by atoms with Crippen molar-refractivity contribution in [2.24, 2.45) is 0 Å². The summed E-state index contributed by atoms with van der Waals surface area (Å²) in [6.45, 7) is 20.0. The van der Waals surface area contributed by atoms with Gasteiger partial charge in [0.25, 0.3) is 0 Å². The lowest BCUT2D eigenvalue weighted by Gasteiger charge is -2.27. The first-order valence-electron chi connectivity index (χ1n) is 8.53. The van der Waals surface area contributed by atoms with Gasteiger partial charge in [-0.15, -0.1) is 13.2 Å². The van der Waals surface area contributed by atoms with E-state index in [1.54, 1.807) is 12.2 Å². The van der Waals surface area contributed by atoms with Gasteiger partial charge in [0.2, 0.25) is 0 Å². The summed E-state index contributed by atoms with van der Waals surface area (Å²) in [5, 5.41) is 0. The van der Waals surface area contributed by atoms with E-state index < -0.39 is 16.7 Å². The van der Waals surface area contributed by atoms with E-state index in [4.69, 9.17) is 33.2 Å². The third kappa shape index (κ3) is 12.4. The van der Waals surface area contributed by atoms with Crippen LogP contribution in [-0.4, -0.2) is 49.7 Å². The highest BCUT2D eigenvalue weighted by molar-refractivity contribution is 7.13. The Morgan fingerprint density at radius 1 is 0.667 bits per heavy atom. The van der Waals surface area contributed by atoms with Crippen molar-refractivity contribution in [3.05, 3.63) is 25.3 Å². The average Bonchev–Trinajstić information content (AvgIpc) is 2.49. The van der Waals surface area contributed by atoms with Crippen LogP contribution in [-0.2, 0) is 22.1 Å². The Hall–Kier alpha value is 0.00377. The van der Waals surface area contributed by atoms with Crippen molar-refractivity contribution in [2.45, 2.75) is 46.7 Å². The minimum Gasteiger partial charge on any atom is -0.383 e. The molecule has 0 aliphatic rings. The van der Waals surface area contributed by atoms with Gasteiger partial charge in [-0.05, 0) is 34.6 Å². The first-order valence-corrected chi connectivity index (χ1v) is 13.5. The third-order valence-electron chi connectivity index (χ3n) is 2.60. The van der Waals surface area contributed by atoms with E-state index in [1.807, 2.05) is 34.6 Å². The molecule has 0 amide bonds. The van der Waals surface area contributed by atoms with Crippen LogP contribution >= 0.6 is 11.1 Å². The zero-order valence-electron chi connectivity index (χ0n) is 15.9.